The van der Waals surface area contributed by atoms with Crippen LogP contribution < -0.4 is 9.79 Å². The van der Waals surface area contributed by atoms with Gasteiger partial charge in [0.1, 0.15) is 52.6 Å². The molecule has 0 bridgehead atoms. The van der Waals surface area contributed by atoms with E-state index >= 15 is 0 Å². The maximum atomic E-state index is 12.0. The Balaban J connectivity index is -0.00000142. The Labute approximate surface area is 514 Å². The minimum atomic E-state index is -4.14. The van der Waals surface area contributed by atoms with Gasteiger partial charge in [-0.2, -0.15) is 0 Å². The van der Waals surface area contributed by atoms with Crippen LogP contribution >= 0.6 is 7.60 Å². The number of rotatable bonds is 60. The monoisotopic (exact) mass is 1200 g/mol. The summed E-state index contributed by atoms with van der Waals surface area (Å²) in [6.45, 7) is 14.3. The molecule has 0 rings (SSSR count). The summed E-state index contributed by atoms with van der Waals surface area (Å²) >= 11 is 0. The highest BCUT2D eigenvalue weighted by molar-refractivity contribution is 7.47. The Morgan fingerprint density at radius 1 is 0.277 bits per heavy atom. The van der Waals surface area contributed by atoms with Crippen molar-refractivity contribution in [2.24, 2.45) is 0 Å². The second-order valence-electron chi connectivity index (χ2n) is 25.6. The van der Waals surface area contributed by atoms with Crippen molar-refractivity contribution >= 4 is 31.5 Å². The average molecular weight is 1200 g/mol. The minimum absolute atomic E-state index is 0.0793. The van der Waals surface area contributed by atoms with Gasteiger partial charge in [-0.05, 0) is 32.3 Å². The highest BCUT2D eigenvalue weighted by atomic mass is 31.2. The topological polar surface area (TPSA) is 168 Å². The van der Waals surface area contributed by atoms with Crippen LogP contribution in [0.3, 0.4) is 0 Å². The first-order valence-electron chi connectivity index (χ1n) is 35.1. The summed E-state index contributed by atoms with van der Waals surface area (Å²) in [6, 6.07) is 0. The maximum absolute atomic E-state index is 12.0. The summed E-state index contributed by atoms with van der Waals surface area (Å²) in [7, 11) is 4.23. The van der Waals surface area contributed by atoms with E-state index in [1.807, 2.05) is 0 Å². The van der Waals surface area contributed by atoms with Crippen LogP contribution in [0.5, 0.6) is 0 Å². The standard InChI is InChI=1S/2C34H68NO4.CH5O3P/c2*1-5-7-9-11-13-15-17-19-21-23-25-27-33(36)38-31-29-35(3,4)30-32-39-34(37)28-26-24-22-20-18-16-14-12-10-8-6-2;1-5(2,3)4/h2*5-32H2,1-4H3;1H3,(H2,2,3,4)/q2*+1;/p-2. The van der Waals surface area contributed by atoms with Crippen molar-refractivity contribution < 1.29 is 61.4 Å². The molecule has 0 amide bonds. The summed E-state index contributed by atoms with van der Waals surface area (Å²) in [4.78, 5) is 66.4. The quantitative estimate of drug-likeness (QED) is 0.0187. The molecule has 14 heteroatoms. The molecule has 496 valence electrons. The lowest BCUT2D eigenvalue weighted by atomic mass is 10.1. The largest absolute Gasteiger partial charge is 0.811 e. The molecule has 0 aromatic carbocycles. The van der Waals surface area contributed by atoms with Crippen LogP contribution in [0.25, 0.3) is 0 Å². The molecule has 0 aliphatic heterocycles. The first-order chi connectivity index (χ1) is 39.8. The molecule has 13 nitrogen and oxygen atoms in total. The lowest BCUT2D eigenvalue weighted by Crippen LogP contribution is -2.45. The fraction of sp³-hybridized carbons (Fsp3) is 0.942. The Morgan fingerprint density at radius 3 is 0.530 bits per heavy atom. The number of esters is 4. The molecular formula is C69H139N2O11P. The van der Waals surface area contributed by atoms with Gasteiger partial charge in [0.2, 0.25) is 0 Å². The summed E-state index contributed by atoms with van der Waals surface area (Å²) in [6.07, 6.45) is 58.6. The molecule has 83 heavy (non-hydrogen) atoms. The lowest BCUT2D eigenvalue weighted by molar-refractivity contribution is -0.890. The van der Waals surface area contributed by atoms with E-state index < -0.39 is 7.60 Å². The van der Waals surface area contributed by atoms with E-state index in [1.54, 1.807) is 0 Å². The highest BCUT2D eigenvalue weighted by Crippen LogP contribution is 2.17. The van der Waals surface area contributed by atoms with Crippen LogP contribution in [0.2, 0.25) is 0 Å². The molecule has 0 aromatic rings. The zero-order chi connectivity index (χ0) is 62.2. The van der Waals surface area contributed by atoms with E-state index in [1.165, 1.54) is 231 Å². The number of unbranched alkanes of at least 4 members (excludes halogenated alkanes) is 40. The van der Waals surface area contributed by atoms with Gasteiger partial charge in [-0.15, -0.1) is 0 Å². The molecule has 0 aromatic heterocycles. The third-order valence-electron chi connectivity index (χ3n) is 15.8. The highest BCUT2D eigenvalue weighted by Gasteiger charge is 2.19. The predicted octanol–water partition coefficient (Wildman–Crippen LogP) is 17.6. The third kappa shape index (κ3) is 80.0. The number of nitrogens with zero attached hydrogens (tertiary/aromatic N) is 2. The van der Waals surface area contributed by atoms with Crippen LogP contribution in [-0.2, 0) is 42.7 Å². The number of hydrogen-bond acceptors (Lipinski definition) is 11. The molecule has 0 atom stereocenters. The van der Waals surface area contributed by atoms with Gasteiger partial charge in [-0.1, -0.05) is 292 Å². The number of carbonyl (C=O) groups is 4. The van der Waals surface area contributed by atoms with Gasteiger partial charge in [0, 0.05) is 25.7 Å². The van der Waals surface area contributed by atoms with E-state index in [0.29, 0.717) is 67.7 Å². The number of ether oxygens (including phenoxy) is 4. The number of likely N-dealkylation sites (N-methyl/N-ethyl adjacent to an activating group) is 2. The zero-order valence-corrected chi connectivity index (χ0v) is 57.3. The van der Waals surface area contributed by atoms with Gasteiger partial charge in [0.05, 0.1) is 28.2 Å². The normalized spacial score (nSPS) is 11.6. The summed E-state index contributed by atoms with van der Waals surface area (Å²) in [5.74, 6) is -0.317. The van der Waals surface area contributed by atoms with E-state index in [4.69, 9.17) is 33.3 Å². The van der Waals surface area contributed by atoms with E-state index in [9.17, 15) is 19.2 Å². The Bertz CT molecular complexity index is 1260. The molecule has 0 spiro atoms. The molecule has 0 radical (unpaired) electrons. The third-order valence-corrected chi connectivity index (χ3v) is 15.8. The van der Waals surface area contributed by atoms with E-state index in [-0.39, 0.29) is 23.9 Å². The number of hydrogen-bond donors (Lipinski definition) is 0. The van der Waals surface area contributed by atoms with Gasteiger partial charge in [0.15, 0.2) is 0 Å². The second kappa shape index (κ2) is 64.4. The van der Waals surface area contributed by atoms with Gasteiger partial charge in [-0.3, -0.25) is 19.2 Å². The van der Waals surface area contributed by atoms with Crippen molar-refractivity contribution in [2.45, 2.75) is 336 Å². The fourth-order valence-corrected chi connectivity index (χ4v) is 9.87. The van der Waals surface area contributed by atoms with Crippen molar-refractivity contribution in [1.29, 1.82) is 0 Å². The van der Waals surface area contributed by atoms with Crippen LogP contribution in [0.4, 0.5) is 0 Å². The maximum Gasteiger partial charge on any atom is 0.305 e. The molecule has 0 fully saturated rings. The number of carbonyl (C=O) groups excluding carboxylic acids is 4. The molecule has 0 saturated heterocycles. The van der Waals surface area contributed by atoms with Crippen molar-refractivity contribution in [3.63, 3.8) is 0 Å². The van der Waals surface area contributed by atoms with Crippen LogP contribution in [0.15, 0.2) is 0 Å². The Morgan fingerprint density at radius 2 is 0.398 bits per heavy atom. The smallest absolute Gasteiger partial charge is 0.305 e. The van der Waals surface area contributed by atoms with E-state index in [0.717, 1.165) is 77.5 Å². The summed E-state index contributed by atoms with van der Waals surface area (Å²) in [5.41, 5.74) is 0. The first-order valence-corrected chi connectivity index (χ1v) is 37.1. The predicted molar refractivity (Wildman–Crippen MR) is 345 cm³/mol. The SMILES string of the molecule is CCCCCCCCCCCCCC(=O)OCC[N+](C)(C)CCOC(=O)CCCCCCCCCCCCC.CCCCCCCCCCCCCC(=O)OCC[N+](C)(C)CCOC(=O)CCCCCCCCCCCCC.CP(=O)([O-])[O-]. The zero-order valence-electron chi connectivity index (χ0n) is 56.4. The Hall–Kier alpha value is -2.05. The molecule has 0 aliphatic carbocycles. The molecular weight excluding hydrogens is 1060 g/mol. The molecule has 0 heterocycles. The second-order valence-corrected chi connectivity index (χ2v) is 27.1. The number of quaternary nitrogens is 2. The van der Waals surface area contributed by atoms with Gasteiger partial charge < -0.3 is 42.3 Å². The van der Waals surface area contributed by atoms with Gasteiger partial charge in [0.25, 0.3) is 0 Å². The average Bonchev–Trinajstić information content (AvgIpc) is 3.42. The molecule has 0 aliphatic rings. The van der Waals surface area contributed by atoms with Crippen LogP contribution in [0, 0.1) is 0 Å². The summed E-state index contributed by atoms with van der Waals surface area (Å²) in [5, 5.41) is 0. The van der Waals surface area contributed by atoms with Crippen molar-refractivity contribution in [1.82, 2.24) is 0 Å². The molecule has 0 unspecified atom stereocenters. The first kappa shape index (κ1) is 85.2. The molecule has 0 saturated carbocycles. The van der Waals surface area contributed by atoms with Crippen LogP contribution in [0.1, 0.15) is 336 Å². The lowest BCUT2D eigenvalue weighted by Gasteiger charge is -2.29. The fourth-order valence-electron chi connectivity index (χ4n) is 9.87. The molecule has 0 N–H and O–H groups in total. The van der Waals surface area contributed by atoms with Crippen molar-refractivity contribution in [2.75, 3.05) is 87.5 Å². The minimum Gasteiger partial charge on any atom is -0.811 e. The van der Waals surface area contributed by atoms with Gasteiger partial charge >= 0.3 is 23.9 Å². The van der Waals surface area contributed by atoms with E-state index in [2.05, 4.69) is 55.9 Å². The van der Waals surface area contributed by atoms with Gasteiger partial charge in [-0.25, -0.2) is 0 Å². The summed E-state index contributed by atoms with van der Waals surface area (Å²) < 4.78 is 32.3. The van der Waals surface area contributed by atoms with Crippen molar-refractivity contribution in [3.8, 4) is 0 Å². The van der Waals surface area contributed by atoms with Crippen molar-refractivity contribution in [3.05, 3.63) is 0 Å². The Kier molecular flexibility index (Phi) is 66.1. The van der Waals surface area contributed by atoms with Crippen LogP contribution in [-0.4, -0.2) is 120 Å².